The fourth-order valence-electron chi connectivity index (χ4n) is 1.87. The molecule has 0 amide bonds. The molecule has 0 aliphatic heterocycles. The van der Waals surface area contributed by atoms with Crippen molar-refractivity contribution in [2.24, 2.45) is 0 Å². The maximum atomic E-state index is 10.9. The molecule has 1 rings (SSSR count). The third-order valence-corrected chi connectivity index (χ3v) is 2.95. The van der Waals surface area contributed by atoms with Gasteiger partial charge in [-0.2, -0.15) is 0 Å². The van der Waals surface area contributed by atoms with Crippen LogP contribution in [0.5, 0.6) is 5.75 Å². The van der Waals surface area contributed by atoms with Gasteiger partial charge in [-0.1, -0.05) is 40.5 Å². The summed E-state index contributed by atoms with van der Waals surface area (Å²) in [7, 11) is 0. The molecule has 1 aromatic rings. The highest BCUT2D eigenvalue weighted by atomic mass is 16.5. The van der Waals surface area contributed by atoms with Gasteiger partial charge in [-0.3, -0.25) is 4.79 Å². The molecule has 2 nitrogen and oxygen atoms in total. The maximum absolute atomic E-state index is 10.9. The lowest BCUT2D eigenvalue weighted by molar-refractivity contribution is 0.112. The Labute approximate surface area is 110 Å². The lowest BCUT2D eigenvalue weighted by Crippen LogP contribution is -2.14. The van der Waals surface area contributed by atoms with E-state index in [1.54, 1.807) is 0 Å². The van der Waals surface area contributed by atoms with Crippen molar-refractivity contribution >= 4 is 6.29 Å². The van der Waals surface area contributed by atoms with Gasteiger partial charge in [-0.05, 0) is 30.0 Å². The van der Waals surface area contributed by atoms with E-state index < -0.39 is 0 Å². The third-order valence-electron chi connectivity index (χ3n) is 2.95. The standard InChI is InChI=1S/C16H24O2/c1-5-6-7-10-18-15-9-8-13(12-17)11-14(15)16(2,3)4/h8-9,11-12H,5-7,10H2,1-4H3. The van der Waals surface area contributed by atoms with Gasteiger partial charge in [0.1, 0.15) is 12.0 Å². The lowest BCUT2D eigenvalue weighted by Gasteiger charge is -2.23. The Kier molecular flexibility index (Phi) is 5.39. The largest absolute Gasteiger partial charge is 0.493 e. The van der Waals surface area contributed by atoms with E-state index in [1.807, 2.05) is 18.2 Å². The molecule has 0 spiro atoms. The smallest absolute Gasteiger partial charge is 0.150 e. The van der Waals surface area contributed by atoms with Crippen molar-refractivity contribution in [3.63, 3.8) is 0 Å². The number of ether oxygens (including phenoxy) is 1. The molecule has 18 heavy (non-hydrogen) atoms. The molecule has 0 saturated heterocycles. The summed E-state index contributed by atoms with van der Waals surface area (Å²) in [5, 5.41) is 0. The van der Waals surface area contributed by atoms with Gasteiger partial charge in [0.25, 0.3) is 0 Å². The van der Waals surface area contributed by atoms with Crippen molar-refractivity contribution < 1.29 is 9.53 Å². The zero-order valence-electron chi connectivity index (χ0n) is 12.0. The monoisotopic (exact) mass is 248 g/mol. The number of hydrogen-bond acceptors (Lipinski definition) is 2. The first-order valence-corrected chi connectivity index (χ1v) is 6.71. The zero-order valence-corrected chi connectivity index (χ0v) is 12.0. The van der Waals surface area contributed by atoms with E-state index in [9.17, 15) is 4.79 Å². The summed E-state index contributed by atoms with van der Waals surface area (Å²) in [5.41, 5.74) is 1.79. The van der Waals surface area contributed by atoms with Gasteiger partial charge in [0.15, 0.2) is 0 Å². The summed E-state index contributed by atoms with van der Waals surface area (Å²) >= 11 is 0. The molecule has 0 aliphatic carbocycles. The molecule has 0 heterocycles. The van der Waals surface area contributed by atoms with Gasteiger partial charge in [-0.25, -0.2) is 0 Å². The Balaban J connectivity index is 2.86. The van der Waals surface area contributed by atoms with E-state index in [0.717, 1.165) is 30.6 Å². The van der Waals surface area contributed by atoms with Gasteiger partial charge in [0.05, 0.1) is 6.61 Å². The summed E-state index contributed by atoms with van der Waals surface area (Å²) in [6.45, 7) is 9.33. The fraction of sp³-hybridized carbons (Fsp3) is 0.562. The molecule has 2 heteroatoms. The minimum Gasteiger partial charge on any atom is -0.493 e. The van der Waals surface area contributed by atoms with Gasteiger partial charge in [0.2, 0.25) is 0 Å². The molecule has 0 bridgehead atoms. The second-order valence-electron chi connectivity index (χ2n) is 5.68. The summed E-state index contributed by atoms with van der Waals surface area (Å²) in [6, 6.07) is 5.66. The highest BCUT2D eigenvalue weighted by molar-refractivity contribution is 5.75. The van der Waals surface area contributed by atoms with Gasteiger partial charge in [0, 0.05) is 11.1 Å². The van der Waals surface area contributed by atoms with Crippen LogP contribution in [0.15, 0.2) is 18.2 Å². The van der Waals surface area contributed by atoms with E-state index in [4.69, 9.17) is 4.74 Å². The third kappa shape index (κ3) is 4.17. The van der Waals surface area contributed by atoms with Gasteiger partial charge >= 0.3 is 0 Å². The average molecular weight is 248 g/mol. The predicted octanol–water partition coefficient (Wildman–Crippen LogP) is 4.37. The van der Waals surface area contributed by atoms with Crippen molar-refractivity contribution in [1.29, 1.82) is 0 Å². The van der Waals surface area contributed by atoms with E-state index in [2.05, 4.69) is 27.7 Å². The van der Waals surface area contributed by atoms with Crippen molar-refractivity contribution in [1.82, 2.24) is 0 Å². The number of rotatable bonds is 6. The van der Waals surface area contributed by atoms with E-state index >= 15 is 0 Å². The Bertz CT molecular complexity index is 389. The minimum atomic E-state index is -0.0148. The van der Waals surface area contributed by atoms with E-state index in [0.29, 0.717) is 5.56 Å². The molecular weight excluding hydrogens is 224 g/mol. The van der Waals surface area contributed by atoms with Crippen LogP contribution in [0.25, 0.3) is 0 Å². The number of carbonyl (C=O) groups is 1. The van der Waals surface area contributed by atoms with Gasteiger partial charge < -0.3 is 4.74 Å². The van der Waals surface area contributed by atoms with Crippen LogP contribution >= 0.6 is 0 Å². The molecule has 0 unspecified atom stereocenters. The highest BCUT2D eigenvalue weighted by Gasteiger charge is 2.19. The summed E-state index contributed by atoms with van der Waals surface area (Å²) in [6.07, 6.45) is 4.35. The van der Waals surface area contributed by atoms with Crippen molar-refractivity contribution in [2.75, 3.05) is 6.61 Å². The van der Waals surface area contributed by atoms with Crippen LogP contribution in [-0.2, 0) is 5.41 Å². The number of benzene rings is 1. The van der Waals surface area contributed by atoms with Crippen LogP contribution < -0.4 is 4.74 Å². The number of carbonyl (C=O) groups excluding carboxylic acids is 1. The van der Waals surface area contributed by atoms with Crippen molar-refractivity contribution in [3.05, 3.63) is 29.3 Å². The Morgan fingerprint density at radius 1 is 1.22 bits per heavy atom. The minimum absolute atomic E-state index is 0.0148. The molecule has 0 saturated carbocycles. The molecule has 0 radical (unpaired) electrons. The fourth-order valence-corrected chi connectivity index (χ4v) is 1.87. The van der Waals surface area contributed by atoms with E-state index in [1.165, 1.54) is 12.8 Å². The van der Waals surface area contributed by atoms with Crippen LogP contribution in [0.4, 0.5) is 0 Å². The normalized spacial score (nSPS) is 11.3. The van der Waals surface area contributed by atoms with Crippen LogP contribution in [0.3, 0.4) is 0 Å². The molecule has 0 N–H and O–H groups in total. The molecule has 0 atom stereocenters. The van der Waals surface area contributed by atoms with Crippen LogP contribution in [0.2, 0.25) is 0 Å². The molecular formula is C16H24O2. The first kappa shape index (κ1) is 14.7. The predicted molar refractivity (Wildman–Crippen MR) is 75.5 cm³/mol. The maximum Gasteiger partial charge on any atom is 0.150 e. The Morgan fingerprint density at radius 3 is 2.50 bits per heavy atom. The summed E-state index contributed by atoms with van der Waals surface area (Å²) in [4.78, 5) is 10.9. The quantitative estimate of drug-likeness (QED) is 0.552. The summed E-state index contributed by atoms with van der Waals surface area (Å²) < 4.78 is 5.85. The topological polar surface area (TPSA) is 26.3 Å². The van der Waals surface area contributed by atoms with Crippen molar-refractivity contribution in [2.45, 2.75) is 52.4 Å². The van der Waals surface area contributed by atoms with Crippen LogP contribution in [-0.4, -0.2) is 12.9 Å². The Hall–Kier alpha value is -1.31. The second kappa shape index (κ2) is 6.58. The molecule has 1 aromatic carbocycles. The lowest BCUT2D eigenvalue weighted by atomic mass is 9.85. The van der Waals surface area contributed by atoms with Crippen molar-refractivity contribution in [3.8, 4) is 5.75 Å². The van der Waals surface area contributed by atoms with Crippen LogP contribution in [0.1, 0.15) is 62.9 Å². The molecule has 0 aromatic heterocycles. The first-order valence-electron chi connectivity index (χ1n) is 6.71. The highest BCUT2D eigenvalue weighted by Crippen LogP contribution is 2.32. The first-order chi connectivity index (χ1) is 8.49. The number of aldehydes is 1. The zero-order chi connectivity index (χ0) is 13.6. The van der Waals surface area contributed by atoms with Crippen LogP contribution in [0, 0.1) is 0 Å². The number of unbranched alkanes of at least 4 members (excludes halogenated alkanes) is 2. The molecule has 0 aliphatic rings. The van der Waals surface area contributed by atoms with E-state index in [-0.39, 0.29) is 5.41 Å². The number of hydrogen-bond donors (Lipinski definition) is 0. The summed E-state index contributed by atoms with van der Waals surface area (Å²) in [5.74, 6) is 0.907. The Morgan fingerprint density at radius 2 is 1.94 bits per heavy atom. The molecule has 100 valence electrons. The molecule has 0 fully saturated rings. The van der Waals surface area contributed by atoms with Gasteiger partial charge in [-0.15, -0.1) is 0 Å². The average Bonchev–Trinajstić information content (AvgIpc) is 2.33. The second-order valence-corrected chi connectivity index (χ2v) is 5.68. The SMILES string of the molecule is CCCCCOc1ccc(C=O)cc1C(C)(C)C.